The zero-order valence-electron chi connectivity index (χ0n) is 12.7. The Balaban J connectivity index is 1.63. The van der Waals surface area contributed by atoms with Crippen molar-refractivity contribution in [2.75, 3.05) is 0 Å². The molecule has 0 saturated heterocycles. The van der Waals surface area contributed by atoms with Crippen LogP contribution in [0.5, 0.6) is 0 Å². The van der Waals surface area contributed by atoms with E-state index < -0.39 is 6.17 Å². The molecule has 0 N–H and O–H groups in total. The largest absolute Gasteiger partial charge is 0.270 e. The standard InChI is InChI=1S/C18H14FN5/c19-14-10-16(12-6-2-1-3-7-12)23-17(14)21-18(22-23)24-15-9-5-4-8-13(15)11-20-24/h1-9,11,14,16H,10H2/t14-,16-/m0/s1. The number of hydrogen-bond donors (Lipinski definition) is 0. The van der Waals surface area contributed by atoms with E-state index in [4.69, 9.17) is 0 Å². The second kappa shape index (κ2) is 4.99. The van der Waals surface area contributed by atoms with Crippen LogP contribution in [-0.2, 0) is 0 Å². The molecule has 2 aromatic heterocycles. The zero-order chi connectivity index (χ0) is 16.1. The molecule has 0 spiro atoms. The lowest BCUT2D eigenvalue weighted by Gasteiger charge is -2.11. The fourth-order valence-electron chi connectivity index (χ4n) is 3.34. The number of aromatic nitrogens is 5. The van der Waals surface area contributed by atoms with Gasteiger partial charge in [-0.05, 0) is 11.6 Å². The molecule has 2 aromatic carbocycles. The number of alkyl halides is 1. The summed E-state index contributed by atoms with van der Waals surface area (Å²) in [6, 6.07) is 17.6. The van der Waals surface area contributed by atoms with E-state index in [-0.39, 0.29) is 6.04 Å². The molecule has 3 heterocycles. The van der Waals surface area contributed by atoms with Crippen LogP contribution in [0.2, 0.25) is 0 Å². The maximum absolute atomic E-state index is 14.5. The average Bonchev–Trinajstić information content (AvgIpc) is 3.30. The maximum Gasteiger partial charge on any atom is 0.270 e. The highest BCUT2D eigenvalue weighted by molar-refractivity contribution is 5.79. The van der Waals surface area contributed by atoms with E-state index in [0.717, 1.165) is 16.5 Å². The number of para-hydroxylation sites is 1. The van der Waals surface area contributed by atoms with Crippen LogP contribution in [0.15, 0.2) is 60.8 Å². The van der Waals surface area contributed by atoms with Gasteiger partial charge in [-0.25, -0.2) is 9.07 Å². The minimum atomic E-state index is -1.11. The van der Waals surface area contributed by atoms with Crippen molar-refractivity contribution in [1.29, 1.82) is 0 Å². The Labute approximate surface area is 137 Å². The van der Waals surface area contributed by atoms with Crippen molar-refractivity contribution in [2.24, 2.45) is 0 Å². The first-order valence-electron chi connectivity index (χ1n) is 7.90. The molecule has 0 saturated carbocycles. The van der Waals surface area contributed by atoms with Crippen molar-refractivity contribution in [3.8, 4) is 5.95 Å². The molecular formula is C18H14FN5. The quantitative estimate of drug-likeness (QED) is 0.567. The molecule has 6 heteroatoms. The minimum Gasteiger partial charge on any atom is -0.239 e. The van der Waals surface area contributed by atoms with E-state index in [0.29, 0.717) is 18.2 Å². The van der Waals surface area contributed by atoms with Gasteiger partial charge in [0, 0.05) is 11.8 Å². The fourth-order valence-corrected chi connectivity index (χ4v) is 3.34. The topological polar surface area (TPSA) is 48.5 Å². The van der Waals surface area contributed by atoms with Gasteiger partial charge in [-0.3, -0.25) is 0 Å². The van der Waals surface area contributed by atoms with Crippen molar-refractivity contribution >= 4 is 10.9 Å². The summed E-state index contributed by atoms with van der Waals surface area (Å²) in [5, 5.41) is 9.92. The molecule has 4 aromatic rings. The molecule has 1 aliphatic heterocycles. The van der Waals surface area contributed by atoms with Gasteiger partial charge in [0.15, 0.2) is 12.0 Å². The molecule has 0 radical (unpaired) electrons. The van der Waals surface area contributed by atoms with Crippen LogP contribution in [0.1, 0.15) is 30.0 Å². The Kier molecular flexibility index (Phi) is 2.79. The Morgan fingerprint density at radius 2 is 1.79 bits per heavy atom. The van der Waals surface area contributed by atoms with E-state index in [1.807, 2.05) is 54.6 Å². The molecule has 5 nitrogen and oxygen atoms in total. The number of nitrogens with zero attached hydrogens (tertiary/aromatic N) is 5. The highest BCUT2D eigenvalue weighted by Gasteiger charge is 2.35. The van der Waals surface area contributed by atoms with Gasteiger partial charge < -0.3 is 0 Å². The molecular weight excluding hydrogens is 305 g/mol. The Morgan fingerprint density at radius 1 is 1.00 bits per heavy atom. The molecule has 0 amide bonds. The molecule has 0 unspecified atom stereocenters. The normalized spacial score (nSPS) is 19.7. The van der Waals surface area contributed by atoms with Crippen LogP contribution in [0.4, 0.5) is 4.39 Å². The summed E-state index contributed by atoms with van der Waals surface area (Å²) in [5.74, 6) is 0.785. The summed E-state index contributed by atoms with van der Waals surface area (Å²) >= 11 is 0. The summed E-state index contributed by atoms with van der Waals surface area (Å²) in [6.45, 7) is 0. The third-order valence-corrected chi connectivity index (χ3v) is 4.50. The lowest BCUT2D eigenvalue weighted by atomic mass is 10.0. The van der Waals surface area contributed by atoms with E-state index >= 15 is 0 Å². The van der Waals surface area contributed by atoms with E-state index in [1.165, 1.54) is 0 Å². The van der Waals surface area contributed by atoms with Crippen molar-refractivity contribution in [2.45, 2.75) is 18.6 Å². The number of rotatable bonds is 2. The van der Waals surface area contributed by atoms with Crippen molar-refractivity contribution in [3.05, 3.63) is 72.2 Å². The first kappa shape index (κ1) is 13.4. The van der Waals surface area contributed by atoms with Gasteiger partial charge in [0.05, 0.1) is 17.8 Å². The van der Waals surface area contributed by atoms with Crippen LogP contribution in [0, 0.1) is 0 Å². The number of fused-ring (bicyclic) bond motifs is 2. The summed E-state index contributed by atoms with van der Waals surface area (Å²) in [5.41, 5.74) is 1.95. The third-order valence-electron chi connectivity index (χ3n) is 4.50. The molecule has 1 aliphatic rings. The lowest BCUT2D eigenvalue weighted by Crippen LogP contribution is -2.08. The van der Waals surface area contributed by atoms with Crippen molar-refractivity contribution in [3.63, 3.8) is 0 Å². The van der Waals surface area contributed by atoms with Gasteiger partial charge in [0.2, 0.25) is 0 Å². The smallest absolute Gasteiger partial charge is 0.239 e. The summed E-state index contributed by atoms with van der Waals surface area (Å²) < 4.78 is 17.8. The van der Waals surface area contributed by atoms with Gasteiger partial charge in [0.1, 0.15) is 0 Å². The van der Waals surface area contributed by atoms with E-state index in [9.17, 15) is 4.39 Å². The van der Waals surface area contributed by atoms with Gasteiger partial charge in [-0.1, -0.05) is 48.5 Å². The highest BCUT2D eigenvalue weighted by atomic mass is 19.1. The van der Waals surface area contributed by atoms with E-state index in [2.05, 4.69) is 15.2 Å². The SMILES string of the molecule is F[C@H]1C[C@@H](c2ccccc2)n2nc(-n3ncc4ccccc43)nc21. The molecule has 0 bridgehead atoms. The predicted octanol–water partition coefficient (Wildman–Crippen LogP) is 3.62. The second-order valence-corrected chi connectivity index (χ2v) is 5.96. The van der Waals surface area contributed by atoms with E-state index in [1.54, 1.807) is 15.6 Å². The monoisotopic (exact) mass is 319 g/mol. The molecule has 0 fully saturated rings. The molecule has 24 heavy (non-hydrogen) atoms. The Hall–Kier alpha value is -3.02. The van der Waals surface area contributed by atoms with Gasteiger partial charge in [-0.15, -0.1) is 5.10 Å². The zero-order valence-corrected chi connectivity index (χ0v) is 12.7. The average molecular weight is 319 g/mol. The van der Waals surface area contributed by atoms with Crippen LogP contribution in [0.25, 0.3) is 16.9 Å². The number of halogens is 1. The van der Waals surface area contributed by atoms with Crippen molar-refractivity contribution in [1.82, 2.24) is 24.5 Å². The fraction of sp³-hybridized carbons (Fsp3) is 0.167. The summed E-state index contributed by atoms with van der Waals surface area (Å²) in [7, 11) is 0. The lowest BCUT2D eigenvalue weighted by molar-refractivity contribution is 0.328. The molecule has 118 valence electrons. The van der Waals surface area contributed by atoms with Gasteiger partial charge in [0.25, 0.3) is 5.95 Å². The molecule has 2 atom stereocenters. The Bertz CT molecular complexity index is 1020. The van der Waals surface area contributed by atoms with Gasteiger partial charge >= 0.3 is 0 Å². The van der Waals surface area contributed by atoms with Crippen molar-refractivity contribution < 1.29 is 4.39 Å². The molecule has 0 aliphatic carbocycles. The van der Waals surface area contributed by atoms with Crippen LogP contribution in [0.3, 0.4) is 0 Å². The number of benzene rings is 2. The summed E-state index contributed by atoms with van der Waals surface area (Å²) in [6.07, 6.45) is 1.03. The first-order valence-corrected chi connectivity index (χ1v) is 7.90. The summed E-state index contributed by atoms with van der Waals surface area (Å²) in [4.78, 5) is 4.42. The first-order chi connectivity index (χ1) is 11.8. The second-order valence-electron chi connectivity index (χ2n) is 5.96. The minimum absolute atomic E-state index is 0.126. The van der Waals surface area contributed by atoms with Crippen LogP contribution < -0.4 is 0 Å². The maximum atomic E-state index is 14.5. The third kappa shape index (κ3) is 1.89. The highest BCUT2D eigenvalue weighted by Crippen LogP contribution is 2.39. The van der Waals surface area contributed by atoms with Crippen LogP contribution >= 0.6 is 0 Å². The Morgan fingerprint density at radius 3 is 2.67 bits per heavy atom. The molecule has 5 rings (SSSR count). The van der Waals surface area contributed by atoms with Gasteiger partial charge in [-0.2, -0.15) is 14.8 Å². The van der Waals surface area contributed by atoms with Crippen LogP contribution in [-0.4, -0.2) is 24.5 Å². The number of hydrogen-bond acceptors (Lipinski definition) is 3. The predicted molar refractivity (Wildman–Crippen MR) is 87.7 cm³/mol.